The highest BCUT2D eigenvalue weighted by Crippen LogP contribution is 2.12. The van der Waals surface area contributed by atoms with Crippen LogP contribution in [-0.4, -0.2) is 48.2 Å². The highest BCUT2D eigenvalue weighted by Gasteiger charge is 2.27. The first kappa shape index (κ1) is 11.5. The fourth-order valence-corrected chi connectivity index (χ4v) is 1.77. The Morgan fingerprint density at radius 1 is 1.71 bits per heavy atom. The number of amides is 1. The van der Waals surface area contributed by atoms with E-state index in [-0.39, 0.29) is 18.1 Å². The molecule has 4 heteroatoms. The summed E-state index contributed by atoms with van der Waals surface area (Å²) in [6.45, 7) is 3.19. The second kappa shape index (κ2) is 5.32. The topological polar surface area (TPSA) is 52.6 Å². The molecule has 0 bridgehead atoms. The van der Waals surface area contributed by atoms with Crippen molar-refractivity contribution < 1.29 is 9.90 Å². The third kappa shape index (κ3) is 2.69. The molecule has 2 unspecified atom stereocenters. The number of hydrogen-bond donors (Lipinski definition) is 2. The maximum Gasteiger partial charge on any atom is 0.239 e. The van der Waals surface area contributed by atoms with Crippen molar-refractivity contribution in [1.82, 2.24) is 10.2 Å². The smallest absolute Gasteiger partial charge is 0.239 e. The Morgan fingerprint density at radius 3 is 3.00 bits per heavy atom. The minimum Gasteiger partial charge on any atom is -0.391 e. The highest BCUT2D eigenvalue weighted by atomic mass is 16.3. The van der Waals surface area contributed by atoms with Crippen LogP contribution < -0.4 is 5.32 Å². The van der Waals surface area contributed by atoms with Gasteiger partial charge < -0.3 is 15.3 Å². The maximum absolute atomic E-state index is 11.8. The second-order valence-corrected chi connectivity index (χ2v) is 3.83. The van der Waals surface area contributed by atoms with E-state index in [0.29, 0.717) is 13.0 Å². The number of carbonyl (C=O) groups excluding carboxylic acids is 1. The fraction of sp³-hybridized carbons (Fsp3) is 0.900. The van der Waals surface area contributed by atoms with Gasteiger partial charge in [-0.05, 0) is 26.3 Å². The third-order valence-electron chi connectivity index (χ3n) is 2.78. The first-order valence-electron chi connectivity index (χ1n) is 5.33. The number of rotatable bonds is 4. The SMILES string of the molecule is CCC(O)CN1CCCC(NC)C1=O. The Morgan fingerprint density at radius 2 is 2.43 bits per heavy atom. The predicted octanol–water partition coefficient (Wildman–Crippen LogP) is -0.0323. The van der Waals surface area contributed by atoms with Crippen molar-refractivity contribution in [3.63, 3.8) is 0 Å². The number of β-amino-alcohol motifs (C(OH)–C–C–N with tert-alkyl or cyclic N) is 1. The summed E-state index contributed by atoms with van der Waals surface area (Å²) in [5.41, 5.74) is 0. The summed E-state index contributed by atoms with van der Waals surface area (Å²) < 4.78 is 0. The normalized spacial score (nSPS) is 25.2. The Bertz CT molecular complexity index is 197. The molecule has 0 spiro atoms. The molecule has 1 fully saturated rings. The molecule has 0 aliphatic carbocycles. The molecule has 82 valence electrons. The average molecular weight is 200 g/mol. The molecule has 0 aromatic rings. The maximum atomic E-state index is 11.8. The molecule has 2 atom stereocenters. The van der Waals surface area contributed by atoms with Gasteiger partial charge in [0.15, 0.2) is 0 Å². The molecule has 1 rings (SSSR count). The van der Waals surface area contributed by atoms with Gasteiger partial charge in [0.05, 0.1) is 12.1 Å². The molecule has 0 aromatic carbocycles. The third-order valence-corrected chi connectivity index (χ3v) is 2.78. The van der Waals surface area contributed by atoms with E-state index in [9.17, 15) is 9.90 Å². The van der Waals surface area contributed by atoms with Crippen molar-refractivity contribution in [1.29, 1.82) is 0 Å². The van der Waals surface area contributed by atoms with Crippen molar-refractivity contribution in [2.75, 3.05) is 20.1 Å². The van der Waals surface area contributed by atoms with Crippen LogP contribution in [-0.2, 0) is 4.79 Å². The lowest BCUT2D eigenvalue weighted by atomic mass is 10.0. The van der Waals surface area contributed by atoms with Crippen LogP contribution in [0.3, 0.4) is 0 Å². The molecule has 1 aliphatic heterocycles. The molecule has 14 heavy (non-hydrogen) atoms. The molecule has 0 aromatic heterocycles. The Kier molecular flexibility index (Phi) is 4.35. The zero-order valence-electron chi connectivity index (χ0n) is 8.99. The van der Waals surface area contributed by atoms with Crippen LogP contribution in [0.4, 0.5) is 0 Å². The molecule has 1 saturated heterocycles. The summed E-state index contributed by atoms with van der Waals surface area (Å²) in [5, 5.41) is 12.5. The van der Waals surface area contributed by atoms with Crippen molar-refractivity contribution >= 4 is 5.91 Å². The van der Waals surface area contributed by atoms with E-state index in [1.54, 1.807) is 4.90 Å². The highest BCUT2D eigenvalue weighted by molar-refractivity contribution is 5.82. The van der Waals surface area contributed by atoms with Gasteiger partial charge in [-0.15, -0.1) is 0 Å². The molecule has 0 radical (unpaired) electrons. The summed E-state index contributed by atoms with van der Waals surface area (Å²) in [5.74, 6) is 0.131. The molecule has 0 saturated carbocycles. The largest absolute Gasteiger partial charge is 0.391 e. The molecule has 1 amide bonds. The fourth-order valence-electron chi connectivity index (χ4n) is 1.77. The first-order valence-corrected chi connectivity index (χ1v) is 5.33. The van der Waals surface area contributed by atoms with E-state index in [1.807, 2.05) is 14.0 Å². The summed E-state index contributed by atoms with van der Waals surface area (Å²) in [6.07, 6.45) is 2.25. The summed E-state index contributed by atoms with van der Waals surface area (Å²) in [7, 11) is 1.81. The number of aliphatic hydroxyl groups is 1. The van der Waals surface area contributed by atoms with E-state index in [2.05, 4.69) is 5.32 Å². The zero-order valence-corrected chi connectivity index (χ0v) is 8.99. The summed E-state index contributed by atoms with van der Waals surface area (Å²) in [4.78, 5) is 13.5. The van der Waals surface area contributed by atoms with Crippen LogP contribution in [0.25, 0.3) is 0 Å². The average Bonchev–Trinajstić information content (AvgIpc) is 2.21. The van der Waals surface area contributed by atoms with Crippen molar-refractivity contribution in [2.45, 2.75) is 38.3 Å². The van der Waals surface area contributed by atoms with Gasteiger partial charge in [-0.2, -0.15) is 0 Å². The molecule has 1 aliphatic rings. The van der Waals surface area contributed by atoms with Gasteiger partial charge in [0.1, 0.15) is 0 Å². The molecular formula is C10H20N2O2. The lowest BCUT2D eigenvalue weighted by Gasteiger charge is -2.33. The minimum atomic E-state index is -0.380. The van der Waals surface area contributed by atoms with Crippen LogP contribution in [0.5, 0.6) is 0 Å². The van der Waals surface area contributed by atoms with Crippen molar-refractivity contribution in [3.8, 4) is 0 Å². The van der Waals surface area contributed by atoms with Crippen LogP contribution in [0, 0.1) is 0 Å². The van der Waals surface area contributed by atoms with Crippen LogP contribution >= 0.6 is 0 Å². The van der Waals surface area contributed by atoms with Crippen LogP contribution in [0.15, 0.2) is 0 Å². The van der Waals surface area contributed by atoms with Crippen molar-refractivity contribution in [2.24, 2.45) is 0 Å². The number of aliphatic hydroxyl groups excluding tert-OH is 1. The predicted molar refractivity (Wildman–Crippen MR) is 55.0 cm³/mol. The van der Waals surface area contributed by atoms with E-state index >= 15 is 0 Å². The Balaban J connectivity index is 2.47. The molecular weight excluding hydrogens is 180 g/mol. The Hall–Kier alpha value is -0.610. The van der Waals surface area contributed by atoms with E-state index in [4.69, 9.17) is 0 Å². The molecule has 4 nitrogen and oxygen atoms in total. The molecule has 2 N–H and O–H groups in total. The van der Waals surface area contributed by atoms with E-state index in [0.717, 1.165) is 19.4 Å². The number of likely N-dealkylation sites (tertiary alicyclic amines) is 1. The number of piperidine rings is 1. The van der Waals surface area contributed by atoms with Gasteiger partial charge in [0, 0.05) is 13.1 Å². The quantitative estimate of drug-likeness (QED) is 0.670. The van der Waals surface area contributed by atoms with Gasteiger partial charge in [-0.3, -0.25) is 4.79 Å². The summed E-state index contributed by atoms with van der Waals surface area (Å²) >= 11 is 0. The number of hydrogen-bond acceptors (Lipinski definition) is 3. The number of nitrogens with zero attached hydrogens (tertiary/aromatic N) is 1. The number of likely N-dealkylation sites (N-methyl/N-ethyl adjacent to an activating group) is 1. The zero-order chi connectivity index (χ0) is 10.6. The van der Waals surface area contributed by atoms with E-state index < -0.39 is 0 Å². The van der Waals surface area contributed by atoms with E-state index in [1.165, 1.54) is 0 Å². The van der Waals surface area contributed by atoms with Crippen LogP contribution in [0.2, 0.25) is 0 Å². The summed E-state index contributed by atoms with van der Waals surface area (Å²) in [6, 6.07) is -0.0483. The minimum absolute atomic E-state index is 0.0483. The second-order valence-electron chi connectivity index (χ2n) is 3.83. The standard InChI is InChI=1S/C10H20N2O2/c1-3-8(13)7-12-6-4-5-9(11-2)10(12)14/h8-9,11,13H,3-7H2,1-2H3. The van der Waals surface area contributed by atoms with Gasteiger partial charge in [0.2, 0.25) is 5.91 Å². The van der Waals surface area contributed by atoms with Gasteiger partial charge >= 0.3 is 0 Å². The number of nitrogens with one attached hydrogen (secondary N) is 1. The van der Waals surface area contributed by atoms with Gasteiger partial charge in [-0.25, -0.2) is 0 Å². The van der Waals surface area contributed by atoms with Gasteiger partial charge in [0.25, 0.3) is 0 Å². The lowest BCUT2D eigenvalue weighted by molar-refractivity contribution is -0.137. The number of carbonyl (C=O) groups is 1. The first-order chi connectivity index (χ1) is 6.69. The monoisotopic (exact) mass is 200 g/mol. The Labute approximate surface area is 85.3 Å². The lowest BCUT2D eigenvalue weighted by Crippen LogP contribution is -2.51. The van der Waals surface area contributed by atoms with Gasteiger partial charge in [-0.1, -0.05) is 6.92 Å². The molecule has 1 heterocycles. The van der Waals surface area contributed by atoms with Crippen molar-refractivity contribution in [3.05, 3.63) is 0 Å². The van der Waals surface area contributed by atoms with Crippen LogP contribution in [0.1, 0.15) is 26.2 Å².